The number of rotatable bonds is 7. The largest absolute Gasteiger partial charge is 0.497 e. The summed E-state index contributed by atoms with van der Waals surface area (Å²) < 4.78 is 32.8. The molecule has 3 aromatic carbocycles. The van der Waals surface area contributed by atoms with Gasteiger partial charge in [0.2, 0.25) is 15.6 Å². The number of ether oxygens (including phenoxy) is 1. The van der Waals surface area contributed by atoms with Crippen molar-refractivity contribution in [2.45, 2.75) is 30.6 Å². The Balaban J connectivity index is 1.91. The Bertz CT molecular complexity index is 1480. The van der Waals surface area contributed by atoms with Crippen LogP contribution in [0.2, 0.25) is 0 Å². The first kappa shape index (κ1) is 24.5. The Morgan fingerprint density at radius 3 is 2.11 bits per heavy atom. The summed E-state index contributed by atoms with van der Waals surface area (Å²) in [7, 11) is -2.55. The van der Waals surface area contributed by atoms with Crippen molar-refractivity contribution in [3.63, 3.8) is 0 Å². The topological polar surface area (TPSA) is 98.5 Å². The maximum atomic E-state index is 13.8. The molecule has 0 radical (unpaired) electrons. The number of benzene rings is 3. The number of hydrogen-bond donors (Lipinski definition) is 2. The van der Waals surface area contributed by atoms with Crippen molar-refractivity contribution in [3.05, 3.63) is 93.9 Å². The molecular formula is C27H26N2O4S2. The quantitative estimate of drug-likeness (QED) is 0.295. The summed E-state index contributed by atoms with van der Waals surface area (Å²) in [6.07, 6.45) is 0. The number of aryl methyl sites for hydroxylation is 3. The Morgan fingerprint density at radius 2 is 1.54 bits per heavy atom. The van der Waals surface area contributed by atoms with Crippen LogP contribution >= 0.6 is 11.3 Å². The van der Waals surface area contributed by atoms with Crippen LogP contribution in [0, 0.1) is 20.8 Å². The van der Waals surface area contributed by atoms with Gasteiger partial charge < -0.3 is 15.8 Å². The van der Waals surface area contributed by atoms with Crippen LogP contribution in [0.5, 0.6) is 5.75 Å². The molecule has 0 aliphatic carbocycles. The molecule has 0 aliphatic heterocycles. The first-order valence-electron chi connectivity index (χ1n) is 10.9. The Kier molecular flexibility index (Phi) is 6.69. The molecule has 3 N–H and O–H groups in total. The van der Waals surface area contributed by atoms with Crippen LogP contribution < -0.4 is 15.8 Å². The number of methoxy groups -OCH3 is 1. The number of ketones is 1. The lowest BCUT2D eigenvalue weighted by Gasteiger charge is -2.15. The molecule has 0 atom stereocenters. The minimum absolute atomic E-state index is 0.0573. The van der Waals surface area contributed by atoms with Gasteiger partial charge in [0, 0.05) is 11.3 Å². The monoisotopic (exact) mass is 506 g/mol. The molecule has 1 aromatic heterocycles. The minimum atomic E-state index is -4.06. The van der Waals surface area contributed by atoms with Gasteiger partial charge in [0.1, 0.15) is 20.5 Å². The molecule has 0 unspecified atom stereocenters. The van der Waals surface area contributed by atoms with Crippen LogP contribution in [0.15, 0.2) is 76.5 Å². The van der Waals surface area contributed by atoms with Crippen molar-refractivity contribution in [2.24, 2.45) is 0 Å². The number of hydrogen-bond acceptors (Lipinski definition) is 7. The van der Waals surface area contributed by atoms with Gasteiger partial charge in [-0.3, -0.25) is 4.79 Å². The maximum absolute atomic E-state index is 13.8. The van der Waals surface area contributed by atoms with E-state index in [9.17, 15) is 13.2 Å². The fourth-order valence-corrected chi connectivity index (χ4v) is 6.95. The fourth-order valence-electron chi connectivity index (χ4n) is 4.03. The SMILES string of the molecule is COc1ccc(S(=O)(=O)c2c(Nc3c(C)cc(C)cc3C)sc(C(=O)c3ccccc3)c2N)cc1. The Hall–Kier alpha value is -3.62. The van der Waals surface area contributed by atoms with Crippen LogP contribution in [-0.4, -0.2) is 21.3 Å². The summed E-state index contributed by atoms with van der Waals surface area (Å²) in [5.41, 5.74) is 10.6. The van der Waals surface area contributed by atoms with Crippen molar-refractivity contribution >= 4 is 43.3 Å². The highest BCUT2D eigenvalue weighted by Crippen LogP contribution is 2.45. The molecule has 0 fully saturated rings. The van der Waals surface area contributed by atoms with E-state index in [0.717, 1.165) is 33.7 Å². The number of carbonyl (C=O) groups is 1. The zero-order valence-electron chi connectivity index (χ0n) is 19.9. The normalized spacial score (nSPS) is 11.3. The third-order valence-electron chi connectivity index (χ3n) is 5.70. The van der Waals surface area contributed by atoms with Crippen LogP contribution in [0.25, 0.3) is 0 Å². The number of sulfone groups is 1. The summed E-state index contributed by atoms with van der Waals surface area (Å²) in [6, 6.07) is 18.8. The highest BCUT2D eigenvalue weighted by atomic mass is 32.2. The minimum Gasteiger partial charge on any atom is -0.497 e. The molecule has 180 valence electrons. The number of anilines is 3. The van der Waals surface area contributed by atoms with Gasteiger partial charge in [0.15, 0.2) is 0 Å². The highest BCUT2D eigenvalue weighted by molar-refractivity contribution is 7.92. The van der Waals surface area contributed by atoms with Crippen LogP contribution in [0.4, 0.5) is 16.4 Å². The highest BCUT2D eigenvalue weighted by Gasteiger charge is 2.32. The lowest BCUT2D eigenvalue weighted by atomic mass is 10.1. The van der Waals surface area contributed by atoms with E-state index in [-0.39, 0.29) is 26.1 Å². The second kappa shape index (κ2) is 9.56. The predicted octanol–water partition coefficient (Wildman–Crippen LogP) is 6.07. The van der Waals surface area contributed by atoms with Gasteiger partial charge >= 0.3 is 0 Å². The lowest BCUT2D eigenvalue weighted by Crippen LogP contribution is -2.09. The van der Waals surface area contributed by atoms with E-state index in [2.05, 4.69) is 5.32 Å². The molecule has 0 saturated carbocycles. The second-order valence-corrected chi connectivity index (χ2v) is 11.2. The van der Waals surface area contributed by atoms with E-state index in [1.807, 2.05) is 39.0 Å². The molecule has 8 heteroatoms. The first-order valence-corrected chi connectivity index (χ1v) is 13.2. The summed E-state index contributed by atoms with van der Waals surface area (Å²) in [5.74, 6) is 0.205. The van der Waals surface area contributed by atoms with Crippen LogP contribution in [-0.2, 0) is 9.84 Å². The van der Waals surface area contributed by atoms with Gasteiger partial charge in [0.25, 0.3) is 0 Å². The van der Waals surface area contributed by atoms with Crippen molar-refractivity contribution in [1.29, 1.82) is 0 Å². The molecule has 6 nitrogen and oxygen atoms in total. The third kappa shape index (κ3) is 4.67. The average Bonchev–Trinajstić information content (AvgIpc) is 3.17. The third-order valence-corrected chi connectivity index (χ3v) is 8.80. The van der Waals surface area contributed by atoms with E-state index >= 15 is 0 Å². The van der Waals surface area contributed by atoms with Gasteiger partial charge in [-0.05, 0) is 56.2 Å². The standard InChI is InChI=1S/C27H26N2O4S2/c1-16-14-17(2)23(18(3)15-16)29-27-26(35(31,32)21-12-10-20(33-4)11-13-21)22(28)25(34-27)24(30)19-8-6-5-7-9-19/h5-15,29H,28H2,1-4H3. The van der Waals surface area contributed by atoms with E-state index in [1.54, 1.807) is 36.4 Å². The van der Waals surface area contributed by atoms with Crippen molar-refractivity contribution in [3.8, 4) is 5.75 Å². The molecular weight excluding hydrogens is 480 g/mol. The molecule has 0 spiro atoms. The van der Waals surface area contributed by atoms with Gasteiger partial charge in [-0.15, -0.1) is 11.3 Å². The van der Waals surface area contributed by atoms with Crippen molar-refractivity contribution in [2.75, 3.05) is 18.2 Å². The van der Waals surface area contributed by atoms with E-state index < -0.39 is 9.84 Å². The number of nitrogens with one attached hydrogen (secondary N) is 1. The van der Waals surface area contributed by atoms with Gasteiger partial charge in [-0.2, -0.15) is 0 Å². The van der Waals surface area contributed by atoms with Crippen molar-refractivity contribution < 1.29 is 17.9 Å². The van der Waals surface area contributed by atoms with Gasteiger partial charge in [-0.25, -0.2) is 8.42 Å². The molecule has 0 saturated heterocycles. The number of nitrogens with two attached hydrogens (primary N) is 1. The van der Waals surface area contributed by atoms with E-state index in [1.165, 1.54) is 19.2 Å². The van der Waals surface area contributed by atoms with Crippen LogP contribution in [0.3, 0.4) is 0 Å². The number of nitrogen functional groups attached to an aromatic ring is 1. The number of carbonyl (C=O) groups excluding carboxylic acids is 1. The molecule has 1 heterocycles. The maximum Gasteiger partial charge on any atom is 0.211 e. The molecule has 35 heavy (non-hydrogen) atoms. The average molecular weight is 507 g/mol. The summed E-state index contributed by atoms with van der Waals surface area (Å²) in [5, 5.41) is 3.58. The zero-order chi connectivity index (χ0) is 25.3. The molecule has 0 aliphatic rings. The summed E-state index contributed by atoms with van der Waals surface area (Å²) in [4.78, 5) is 13.4. The van der Waals surface area contributed by atoms with Gasteiger partial charge in [-0.1, -0.05) is 48.0 Å². The van der Waals surface area contributed by atoms with E-state index in [0.29, 0.717) is 16.3 Å². The van der Waals surface area contributed by atoms with Crippen LogP contribution in [0.1, 0.15) is 31.9 Å². The Labute approximate surface area is 209 Å². The Morgan fingerprint density at radius 1 is 0.943 bits per heavy atom. The summed E-state index contributed by atoms with van der Waals surface area (Å²) >= 11 is 1.05. The molecule has 0 amide bonds. The molecule has 4 aromatic rings. The smallest absolute Gasteiger partial charge is 0.211 e. The molecule has 4 rings (SSSR count). The second-order valence-electron chi connectivity index (χ2n) is 8.28. The van der Waals surface area contributed by atoms with E-state index in [4.69, 9.17) is 10.5 Å². The number of thiophene rings is 1. The predicted molar refractivity (Wildman–Crippen MR) is 141 cm³/mol. The van der Waals surface area contributed by atoms with Crippen molar-refractivity contribution in [1.82, 2.24) is 0 Å². The zero-order valence-corrected chi connectivity index (χ0v) is 21.5. The first-order chi connectivity index (χ1) is 16.6. The molecule has 0 bridgehead atoms. The lowest BCUT2D eigenvalue weighted by molar-refractivity contribution is 0.104. The van der Waals surface area contributed by atoms with Gasteiger partial charge in [0.05, 0.1) is 17.7 Å². The summed E-state index contributed by atoms with van der Waals surface area (Å²) in [6.45, 7) is 5.91. The fraction of sp³-hybridized carbons (Fsp3) is 0.148.